The van der Waals surface area contributed by atoms with Gasteiger partial charge in [-0.1, -0.05) is 55.2 Å². The molecule has 0 aliphatic heterocycles. The number of halogens is 2. The SMILES string of the molecule is CCc1cccc(CC)c1NC(=O)c1ccc(OCC(=O)Nc2cc(Cl)cc(Cl)c2)cc1. The van der Waals surface area contributed by atoms with E-state index in [1.807, 2.05) is 18.2 Å². The highest BCUT2D eigenvalue weighted by atomic mass is 35.5. The summed E-state index contributed by atoms with van der Waals surface area (Å²) in [6.07, 6.45) is 1.67. The largest absolute Gasteiger partial charge is 0.484 e. The Morgan fingerprint density at radius 1 is 0.844 bits per heavy atom. The highest BCUT2D eigenvalue weighted by Crippen LogP contribution is 2.24. The third kappa shape index (κ3) is 6.25. The fourth-order valence-electron chi connectivity index (χ4n) is 3.26. The van der Waals surface area contributed by atoms with Gasteiger partial charge >= 0.3 is 0 Å². The van der Waals surface area contributed by atoms with Crippen LogP contribution in [0, 0.1) is 0 Å². The molecule has 3 aromatic rings. The standard InChI is InChI=1S/C25H24Cl2N2O3/c1-3-16-6-5-7-17(4-2)24(16)29-25(31)18-8-10-22(11-9-18)32-15-23(30)28-21-13-19(26)12-20(27)14-21/h5-14H,3-4,15H2,1-2H3,(H,28,30)(H,29,31). The summed E-state index contributed by atoms with van der Waals surface area (Å²) in [5, 5.41) is 6.57. The fourth-order valence-corrected chi connectivity index (χ4v) is 3.79. The van der Waals surface area contributed by atoms with E-state index in [1.165, 1.54) is 0 Å². The summed E-state index contributed by atoms with van der Waals surface area (Å²) >= 11 is 11.9. The second-order valence-corrected chi connectivity index (χ2v) is 8.00. The molecule has 2 N–H and O–H groups in total. The molecule has 0 aromatic heterocycles. The maximum absolute atomic E-state index is 12.7. The second-order valence-electron chi connectivity index (χ2n) is 7.13. The minimum atomic E-state index is -0.353. The average Bonchev–Trinajstić information content (AvgIpc) is 2.77. The van der Waals surface area contributed by atoms with Gasteiger partial charge in [0.05, 0.1) is 0 Å². The van der Waals surface area contributed by atoms with Gasteiger partial charge in [-0.25, -0.2) is 0 Å². The van der Waals surface area contributed by atoms with E-state index in [2.05, 4.69) is 24.5 Å². The van der Waals surface area contributed by atoms with Crippen LogP contribution >= 0.6 is 23.2 Å². The molecule has 7 heteroatoms. The molecule has 0 spiro atoms. The van der Waals surface area contributed by atoms with Crippen molar-refractivity contribution in [2.24, 2.45) is 0 Å². The van der Waals surface area contributed by atoms with Gasteiger partial charge in [0.25, 0.3) is 11.8 Å². The predicted octanol–water partition coefficient (Wildman–Crippen LogP) is 6.39. The number of para-hydroxylation sites is 1. The van der Waals surface area contributed by atoms with E-state index in [1.54, 1.807) is 42.5 Å². The van der Waals surface area contributed by atoms with Crippen molar-refractivity contribution in [3.8, 4) is 5.75 Å². The summed E-state index contributed by atoms with van der Waals surface area (Å²) < 4.78 is 5.52. The number of amides is 2. The van der Waals surface area contributed by atoms with Crippen LogP contribution < -0.4 is 15.4 Å². The van der Waals surface area contributed by atoms with E-state index in [-0.39, 0.29) is 18.4 Å². The zero-order valence-electron chi connectivity index (χ0n) is 17.9. The maximum Gasteiger partial charge on any atom is 0.262 e. The summed E-state index contributed by atoms with van der Waals surface area (Å²) in [5.41, 5.74) is 4.07. The molecular formula is C25H24Cl2N2O3. The molecule has 32 heavy (non-hydrogen) atoms. The number of benzene rings is 3. The lowest BCUT2D eigenvalue weighted by Gasteiger charge is -2.14. The molecule has 0 aliphatic rings. The summed E-state index contributed by atoms with van der Waals surface area (Å²) in [6, 6.07) is 17.5. The Labute approximate surface area is 197 Å². The zero-order chi connectivity index (χ0) is 23.1. The van der Waals surface area contributed by atoms with E-state index in [9.17, 15) is 9.59 Å². The van der Waals surface area contributed by atoms with Crippen molar-refractivity contribution in [3.05, 3.63) is 87.4 Å². The molecule has 0 bridgehead atoms. The minimum Gasteiger partial charge on any atom is -0.484 e. The molecule has 0 radical (unpaired) electrons. The Bertz CT molecular complexity index is 1070. The molecule has 0 aliphatic carbocycles. The molecule has 5 nitrogen and oxygen atoms in total. The van der Waals surface area contributed by atoms with Crippen molar-refractivity contribution in [2.45, 2.75) is 26.7 Å². The molecule has 2 amide bonds. The predicted molar refractivity (Wildman–Crippen MR) is 130 cm³/mol. The van der Waals surface area contributed by atoms with Crippen LogP contribution in [0.25, 0.3) is 0 Å². The van der Waals surface area contributed by atoms with Gasteiger partial charge in [0.15, 0.2) is 6.61 Å². The number of ether oxygens (including phenoxy) is 1. The zero-order valence-corrected chi connectivity index (χ0v) is 19.4. The number of anilines is 2. The van der Waals surface area contributed by atoms with E-state index < -0.39 is 0 Å². The summed E-state index contributed by atoms with van der Waals surface area (Å²) in [7, 11) is 0. The van der Waals surface area contributed by atoms with Crippen molar-refractivity contribution in [1.82, 2.24) is 0 Å². The van der Waals surface area contributed by atoms with E-state index in [0.29, 0.717) is 27.0 Å². The lowest BCUT2D eigenvalue weighted by molar-refractivity contribution is -0.118. The van der Waals surface area contributed by atoms with Crippen molar-refractivity contribution in [2.75, 3.05) is 17.2 Å². The third-order valence-electron chi connectivity index (χ3n) is 4.87. The first kappa shape index (κ1) is 23.6. The molecular weight excluding hydrogens is 447 g/mol. The first-order valence-electron chi connectivity index (χ1n) is 10.3. The van der Waals surface area contributed by atoms with Gasteiger partial charge < -0.3 is 15.4 Å². The van der Waals surface area contributed by atoms with Crippen molar-refractivity contribution in [3.63, 3.8) is 0 Å². The molecule has 0 saturated heterocycles. The highest BCUT2D eigenvalue weighted by Gasteiger charge is 2.12. The number of carbonyl (C=O) groups excluding carboxylic acids is 2. The van der Waals surface area contributed by atoms with Gasteiger partial charge in [-0.05, 0) is 66.4 Å². The Hall–Kier alpha value is -3.02. The molecule has 0 atom stereocenters. The van der Waals surface area contributed by atoms with Crippen LogP contribution in [0.5, 0.6) is 5.75 Å². The highest BCUT2D eigenvalue weighted by molar-refractivity contribution is 6.35. The van der Waals surface area contributed by atoms with E-state index >= 15 is 0 Å². The quantitative estimate of drug-likeness (QED) is 0.400. The molecule has 0 saturated carbocycles. The Kier molecular flexibility index (Phi) is 8.14. The minimum absolute atomic E-state index is 0.192. The summed E-state index contributed by atoms with van der Waals surface area (Å²) in [6.45, 7) is 3.93. The van der Waals surface area contributed by atoms with Gasteiger partial charge in [-0.3, -0.25) is 9.59 Å². The molecule has 3 aromatic carbocycles. The number of rotatable bonds is 8. The lowest BCUT2D eigenvalue weighted by Crippen LogP contribution is -2.20. The fraction of sp³-hybridized carbons (Fsp3) is 0.200. The monoisotopic (exact) mass is 470 g/mol. The molecule has 0 heterocycles. The van der Waals surface area contributed by atoms with Crippen LogP contribution in [0.15, 0.2) is 60.7 Å². The maximum atomic E-state index is 12.7. The van der Waals surface area contributed by atoms with Gasteiger partial charge in [0.2, 0.25) is 0 Å². The molecule has 0 fully saturated rings. The van der Waals surface area contributed by atoms with Crippen molar-refractivity contribution >= 4 is 46.4 Å². The summed E-state index contributed by atoms with van der Waals surface area (Å²) in [4.78, 5) is 24.9. The van der Waals surface area contributed by atoms with Gasteiger partial charge in [-0.2, -0.15) is 0 Å². The molecule has 3 rings (SSSR count). The number of carbonyl (C=O) groups is 2. The average molecular weight is 471 g/mol. The van der Waals surface area contributed by atoms with Crippen LogP contribution in [-0.2, 0) is 17.6 Å². The Morgan fingerprint density at radius 2 is 1.44 bits per heavy atom. The van der Waals surface area contributed by atoms with Crippen molar-refractivity contribution in [1.29, 1.82) is 0 Å². The van der Waals surface area contributed by atoms with Crippen molar-refractivity contribution < 1.29 is 14.3 Å². The second kappa shape index (κ2) is 11.0. The number of hydrogen-bond acceptors (Lipinski definition) is 3. The van der Waals surface area contributed by atoms with Crippen LogP contribution in [-0.4, -0.2) is 18.4 Å². The number of nitrogens with one attached hydrogen (secondary N) is 2. The molecule has 0 unspecified atom stereocenters. The first-order valence-corrected chi connectivity index (χ1v) is 11.1. The first-order chi connectivity index (χ1) is 15.4. The van der Waals surface area contributed by atoms with Crippen LogP contribution in [0.4, 0.5) is 11.4 Å². The summed E-state index contributed by atoms with van der Waals surface area (Å²) in [5.74, 6) is -0.0693. The van der Waals surface area contributed by atoms with Gasteiger partial charge in [0, 0.05) is 27.0 Å². The lowest BCUT2D eigenvalue weighted by atomic mass is 10.0. The van der Waals surface area contributed by atoms with E-state index in [4.69, 9.17) is 27.9 Å². The topological polar surface area (TPSA) is 67.4 Å². The Morgan fingerprint density at radius 3 is 2.00 bits per heavy atom. The number of aryl methyl sites for hydroxylation is 2. The Balaban J connectivity index is 1.59. The van der Waals surface area contributed by atoms with E-state index in [0.717, 1.165) is 29.7 Å². The van der Waals surface area contributed by atoms with Crippen LogP contribution in [0.1, 0.15) is 35.3 Å². The third-order valence-corrected chi connectivity index (χ3v) is 5.31. The normalized spacial score (nSPS) is 10.5. The molecule has 166 valence electrons. The van der Waals surface area contributed by atoms with Gasteiger partial charge in [0.1, 0.15) is 5.75 Å². The number of hydrogen-bond donors (Lipinski definition) is 2. The van der Waals surface area contributed by atoms with Gasteiger partial charge in [-0.15, -0.1) is 0 Å². The van der Waals surface area contributed by atoms with Crippen LogP contribution in [0.3, 0.4) is 0 Å². The van der Waals surface area contributed by atoms with Crippen LogP contribution in [0.2, 0.25) is 10.0 Å². The smallest absolute Gasteiger partial charge is 0.262 e.